The van der Waals surface area contributed by atoms with E-state index < -0.39 is 18.2 Å². The van der Waals surface area contributed by atoms with E-state index in [1.54, 1.807) is 19.2 Å². The molecule has 0 spiro atoms. The molecule has 1 heterocycles. The van der Waals surface area contributed by atoms with E-state index in [-0.39, 0.29) is 17.4 Å². The van der Waals surface area contributed by atoms with Crippen LogP contribution < -0.4 is 4.74 Å². The first-order valence-electron chi connectivity index (χ1n) is 9.92. The zero-order valence-corrected chi connectivity index (χ0v) is 16.6. The zero-order valence-electron chi connectivity index (χ0n) is 16.6. The van der Waals surface area contributed by atoms with Gasteiger partial charge < -0.3 is 19.3 Å². The van der Waals surface area contributed by atoms with Crippen LogP contribution in [0.2, 0.25) is 0 Å². The van der Waals surface area contributed by atoms with Crippen molar-refractivity contribution in [2.75, 3.05) is 7.05 Å². The van der Waals surface area contributed by atoms with Crippen molar-refractivity contribution in [2.45, 2.75) is 37.5 Å². The van der Waals surface area contributed by atoms with E-state index in [0.29, 0.717) is 29.9 Å². The second kappa shape index (κ2) is 8.67. The molecule has 0 bridgehead atoms. The van der Waals surface area contributed by atoms with Gasteiger partial charge in [-0.3, -0.25) is 4.79 Å². The molecular weight excluding hydrogens is 387 g/mol. The summed E-state index contributed by atoms with van der Waals surface area (Å²) >= 11 is 0. The topological polar surface area (TPSA) is 75.8 Å². The molecule has 6 nitrogen and oxygen atoms in total. The predicted octanol–water partition coefficient (Wildman–Crippen LogP) is 3.91. The van der Waals surface area contributed by atoms with E-state index in [1.165, 1.54) is 23.1 Å². The lowest BCUT2D eigenvalue weighted by Gasteiger charge is -2.39. The molecule has 2 aromatic carbocycles. The fraction of sp³-hybridized carbons (Fsp3) is 0.304. The highest BCUT2D eigenvalue weighted by Crippen LogP contribution is 2.28. The second-order valence-electron chi connectivity index (χ2n) is 7.46. The Labute approximate surface area is 173 Å². The number of aromatic nitrogens is 1. The third kappa shape index (κ3) is 4.21. The molecule has 1 aliphatic carbocycles. The Balaban J connectivity index is 1.46. The highest BCUT2D eigenvalue weighted by molar-refractivity contribution is 5.93. The maximum atomic E-state index is 13.1. The summed E-state index contributed by atoms with van der Waals surface area (Å²) in [7, 11) is 1.65. The first kappa shape index (κ1) is 20.1. The number of aliphatic hydroxyl groups excluding tert-OH is 1. The molecule has 4 rings (SSSR count). The van der Waals surface area contributed by atoms with Crippen LogP contribution in [0.4, 0.5) is 4.39 Å². The van der Waals surface area contributed by atoms with Gasteiger partial charge in [-0.2, -0.15) is 0 Å². The van der Waals surface area contributed by atoms with Crippen molar-refractivity contribution < 1.29 is 23.6 Å². The minimum Gasteiger partial charge on any atom is -0.488 e. The Bertz CT molecular complexity index is 990. The number of halogens is 1. The molecule has 1 fully saturated rings. The van der Waals surface area contributed by atoms with Gasteiger partial charge in [0.05, 0.1) is 6.04 Å². The monoisotopic (exact) mass is 410 g/mol. The van der Waals surface area contributed by atoms with Gasteiger partial charge in [-0.25, -0.2) is 4.39 Å². The van der Waals surface area contributed by atoms with Crippen molar-refractivity contribution in [3.63, 3.8) is 0 Å². The highest BCUT2D eigenvalue weighted by atomic mass is 19.1. The number of carbonyl (C=O) groups excluding carboxylic acids is 1. The van der Waals surface area contributed by atoms with Crippen molar-refractivity contribution in [1.29, 1.82) is 0 Å². The van der Waals surface area contributed by atoms with Gasteiger partial charge in [-0.05, 0) is 55.7 Å². The Morgan fingerprint density at radius 1 is 1.17 bits per heavy atom. The van der Waals surface area contributed by atoms with Gasteiger partial charge in [0.1, 0.15) is 23.8 Å². The number of ether oxygens (including phenoxy) is 1. The average Bonchev–Trinajstić information content (AvgIpc) is 3.26. The third-order valence-corrected chi connectivity index (χ3v) is 5.47. The van der Waals surface area contributed by atoms with Crippen molar-refractivity contribution in [3.05, 3.63) is 72.2 Å². The SMILES string of the molecule is CN(C(=O)c1cc(-c2ccc(F)cc2)on1)[C@@H]1CCC[C@@H](Oc2ccccc2)[C@@H]1O. The van der Waals surface area contributed by atoms with Gasteiger partial charge in [0, 0.05) is 18.7 Å². The fourth-order valence-electron chi connectivity index (χ4n) is 3.80. The molecule has 1 aromatic heterocycles. The highest BCUT2D eigenvalue weighted by Gasteiger charge is 2.38. The number of hydrogen-bond donors (Lipinski definition) is 1. The lowest BCUT2D eigenvalue weighted by molar-refractivity contribution is -0.0414. The third-order valence-electron chi connectivity index (χ3n) is 5.47. The predicted molar refractivity (Wildman–Crippen MR) is 108 cm³/mol. The molecule has 1 amide bonds. The van der Waals surface area contributed by atoms with Crippen LogP contribution in [0.25, 0.3) is 11.3 Å². The van der Waals surface area contributed by atoms with Crippen molar-refractivity contribution >= 4 is 5.91 Å². The van der Waals surface area contributed by atoms with Crippen LogP contribution in [-0.2, 0) is 0 Å². The number of benzene rings is 2. The summed E-state index contributed by atoms with van der Waals surface area (Å²) in [5.41, 5.74) is 0.759. The lowest BCUT2D eigenvalue weighted by atomic mass is 9.88. The summed E-state index contributed by atoms with van der Waals surface area (Å²) in [6.45, 7) is 0. The van der Waals surface area contributed by atoms with Gasteiger partial charge >= 0.3 is 0 Å². The first-order chi connectivity index (χ1) is 14.5. The van der Waals surface area contributed by atoms with Crippen molar-refractivity contribution in [2.24, 2.45) is 0 Å². The van der Waals surface area contributed by atoms with Crippen LogP contribution in [0.3, 0.4) is 0 Å². The smallest absolute Gasteiger partial charge is 0.276 e. The normalized spacial score (nSPS) is 21.2. The number of nitrogens with zero attached hydrogens (tertiary/aromatic N) is 2. The van der Waals surface area contributed by atoms with E-state index in [0.717, 1.165) is 6.42 Å². The number of amides is 1. The standard InChI is InChI=1S/C23H23FN2O4/c1-26(19-8-5-9-20(22(19)27)29-17-6-3-2-4-7-17)23(28)18-14-21(30-25-18)15-10-12-16(24)13-11-15/h2-4,6-7,10-14,19-20,22,27H,5,8-9H2,1H3/t19-,20-,22-/m1/s1. The number of likely N-dealkylation sites (N-methyl/N-ethyl adjacent to an activating group) is 1. The fourth-order valence-corrected chi connectivity index (χ4v) is 3.80. The molecule has 1 saturated carbocycles. The van der Waals surface area contributed by atoms with E-state index in [9.17, 15) is 14.3 Å². The maximum absolute atomic E-state index is 13.1. The first-order valence-corrected chi connectivity index (χ1v) is 9.92. The molecule has 0 radical (unpaired) electrons. The van der Waals surface area contributed by atoms with Crippen molar-refractivity contribution in [3.8, 4) is 17.1 Å². The van der Waals surface area contributed by atoms with E-state index in [4.69, 9.17) is 9.26 Å². The second-order valence-corrected chi connectivity index (χ2v) is 7.46. The number of para-hydroxylation sites is 1. The molecular formula is C23H23FN2O4. The molecule has 3 aromatic rings. The van der Waals surface area contributed by atoms with Crippen LogP contribution >= 0.6 is 0 Å². The Hall–Kier alpha value is -3.19. The summed E-state index contributed by atoms with van der Waals surface area (Å²) in [6.07, 6.45) is 0.995. The van der Waals surface area contributed by atoms with Gasteiger partial charge in [0.2, 0.25) is 0 Å². The van der Waals surface area contributed by atoms with Crippen LogP contribution in [-0.4, -0.2) is 46.4 Å². The van der Waals surface area contributed by atoms with Gasteiger partial charge in [0.25, 0.3) is 5.91 Å². The molecule has 3 atom stereocenters. The summed E-state index contributed by atoms with van der Waals surface area (Å²) in [5, 5.41) is 14.7. The molecule has 156 valence electrons. The molecule has 0 aliphatic heterocycles. The van der Waals surface area contributed by atoms with Crippen molar-refractivity contribution in [1.82, 2.24) is 10.1 Å². The molecule has 7 heteroatoms. The molecule has 0 saturated heterocycles. The quantitative estimate of drug-likeness (QED) is 0.690. The number of aliphatic hydroxyl groups is 1. The molecule has 30 heavy (non-hydrogen) atoms. The van der Waals surface area contributed by atoms with Crippen LogP contribution in [0, 0.1) is 5.82 Å². The summed E-state index contributed by atoms with van der Waals surface area (Å²) in [4.78, 5) is 14.4. The summed E-state index contributed by atoms with van der Waals surface area (Å²) in [6, 6.07) is 16.2. The van der Waals surface area contributed by atoms with Gasteiger partial charge in [0.15, 0.2) is 11.5 Å². The van der Waals surface area contributed by atoms with E-state index in [1.807, 2.05) is 30.3 Å². The molecule has 1 aliphatic rings. The Morgan fingerprint density at radius 3 is 2.63 bits per heavy atom. The molecule has 1 N–H and O–H groups in total. The number of rotatable bonds is 5. The molecule has 0 unspecified atom stereocenters. The Kier molecular flexibility index (Phi) is 5.81. The number of hydrogen-bond acceptors (Lipinski definition) is 5. The summed E-state index contributed by atoms with van der Waals surface area (Å²) in [5.74, 6) is 0.363. The zero-order chi connectivity index (χ0) is 21.1. The van der Waals surface area contributed by atoms with E-state index >= 15 is 0 Å². The Morgan fingerprint density at radius 2 is 1.90 bits per heavy atom. The van der Waals surface area contributed by atoms with Crippen LogP contribution in [0.5, 0.6) is 5.75 Å². The van der Waals surface area contributed by atoms with Crippen LogP contribution in [0.15, 0.2) is 65.2 Å². The maximum Gasteiger partial charge on any atom is 0.276 e. The van der Waals surface area contributed by atoms with E-state index in [2.05, 4.69) is 5.16 Å². The minimum atomic E-state index is -0.823. The number of carbonyl (C=O) groups is 1. The average molecular weight is 410 g/mol. The lowest BCUT2D eigenvalue weighted by Crippen LogP contribution is -2.53. The van der Waals surface area contributed by atoms with Gasteiger partial charge in [-0.15, -0.1) is 0 Å². The van der Waals surface area contributed by atoms with Crippen LogP contribution in [0.1, 0.15) is 29.8 Å². The summed E-state index contributed by atoms with van der Waals surface area (Å²) < 4.78 is 24.3. The minimum absolute atomic E-state index is 0.134. The largest absolute Gasteiger partial charge is 0.488 e. The van der Waals surface area contributed by atoms with Gasteiger partial charge in [-0.1, -0.05) is 23.4 Å².